The molecule has 0 aliphatic carbocycles. The fraction of sp³-hybridized carbons (Fsp3) is 0.300. The van der Waals surface area contributed by atoms with Gasteiger partial charge in [-0.1, -0.05) is 24.3 Å². The van der Waals surface area contributed by atoms with Crippen molar-refractivity contribution in [3.05, 3.63) is 68.7 Å². The molecule has 7 heteroatoms. The molecule has 1 atom stereocenters. The molecule has 3 heterocycles. The summed E-state index contributed by atoms with van der Waals surface area (Å²) in [6, 6.07) is 13.0. The number of amides is 1. The lowest BCUT2D eigenvalue weighted by atomic mass is 10.1. The molecule has 0 saturated carbocycles. The van der Waals surface area contributed by atoms with Gasteiger partial charge < -0.3 is 19.4 Å². The summed E-state index contributed by atoms with van der Waals surface area (Å²) in [5.41, 5.74) is -0.0959. The minimum atomic E-state index is -0.613. The zero-order valence-corrected chi connectivity index (χ0v) is 15.6. The molecule has 3 aromatic rings. The van der Waals surface area contributed by atoms with E-state index in [4.69, 9.17) is 9.15 Å². The van der Waals surface area contributed by atoms with Crippen LogP contribution in [-0.4, -0.2) is 38.8 Å². The summed E-state index contributed by atoms with van der Waals surface area (Å²) >= 11 is 1.68. The Balaban J connectivity index is 1.53. The number of fused-ring (bicyclic) bond motifs is 1. The Labute approximate surface area is 160 Å². The number of hydrogen-bond donors (Lipinski definition) is 2. The van der Waals surface area contributed by atoms with Crippen molar-refractivity contribution < 1.29 is 18.8 Å². The number of benzene rings is 1. The molecule has 1 aliphatic rings. The third-order valence-electron chi connectivity index (χ3n) is 4.87. The number of para-hydroxylation sites is 1. The third-order valence-corrected chi connectivity index (χ3v) is 5.85. The van der Waals surface area contributed by atoms with Gasteiger partial charge in [0.2, 0.25) is 0 Å². The molecule has 1 fully saturated rings. The minimum Gasteiger partial charge on any atom is -0.422 e. The van der Waals surface area contributed by atoms with Gasteiger partial charge in [0, 0.05) is 5.39 Å². The predicted molar refractivity (Wildman–Crippen MR) is 103 cm³/mol. The van der Waals surface area contributed by atoms with Gasteiger partial charge >= 0.3 is 5.63 Å². The Bertz CT molecular complexity index is 977. The Hall–Kier alpha value is -2.48. The van der Waals surface area contributed by atoms with E-state index in [1.54, 1.807) is 29.5 Å². The van der Waals surface area contributed by atoms with E-state index in [1.165, 1.54) is 9.78 Å². The number of hydrogen-bond acceptors (Lipinski definition) is 5. The summed E-state index contributed by atoms with van der Waals surface area (Å²) in [6.07, 6.45) is 0. The van der Waals surface area contributed by atoms with Crippen molar-refractivity contribution in [2.75, 3.05) is 32.8 Å². The summed E-state index contributed by atoms with van der Waals surface area (Å²) in [7, 11) is 0. The molecule has 0 spiro atoms. The number of morpholine rings is 1. The number of carbonyl (C=O) groups is 1. The highest BCUT2D eigenvalue weighted by molar-refractivity contribution is 7.10. The first kappa shape index (κ1) is 17.9. The van der Waals surface area contributed by atoms with Gasteiger partial charge in [-0.3, -0.25) is 4.79 Å². The van der Waals surface area contributed by atoms with E-state index in [0.717, 1.165) is 31.7 Å². The molecule has 1 aliphatic heterocycles. The minimum absolute atomic E-state index is 0.0376. The fourth-order valence-electron chi connectivity index (χ4n) is 3.43. The Morgan fingerprint density at radius 3 is 2.78 bits per heavy atom. The molecule has 1 aromatic carbocycles. The third kappa shape index (κ3) is 3.95. The lowest BCUT2D eigenvalue weighted by molar-refractivity contribution is -0.937. The number of nitrogens with one attached hydrogen (secondary N) is 2. The predicted octanol–water partition coefficient (Wildman–Crippen LogP) is 1.24. The molecule has 0 bridgehead atoms. The maximum atomic E-state index is 12.7. The van der Waals surface area contributed by atoms with Crippen molar-refractivity contribution in [1.82, 2.24) is 5.32 Å². The van der Waals surface area contributed by atoms with Crippen LogP contribution < -0.4 is 15.8 Å². The highest BCUT2D eigenvalue weighted by Gasteiger charge is 2.28. The SMILES string of the molecule is O=C(NC[C@H](c1cccs1)[NH+]1CCOCC1)c1cc2ccccc2oc1=O. The maximum absolute atomic E-state index is 12.7. The molecule has 2 aromatic heterocycles. The molecule has 1 saturated heterocycles. The molecular weight excluding hydrogens is 364 g/mol. The molecule has 1 amide bonds. The van der Waals surface area contributed by atoms with Crippen LogP contribution in [0.15, 0.2) is 57.1 Å². The number of ether oxygens (including phenoxy) is 1. The highest BCUT2D eigenvalue weighted by atomic mass is 32.1. The quantitative estimate of drug-likeness (QED) is 0.648. The Kier molecular flexibility index (Phi) is 5.33. The number of thiophene rings is 1. The Morgan fingerprint density at radius 2 is 2.00 bits per heavy atom. The normalized spacial score (nSPS) is 16.3. The zero-order valence-electron chi connectivity index (χ0n) is 14.8. The molecule has 27 heavy (non-hydrogen) atoms. The highest BCUT2D eigenvalue weighted by Crippen LogP contribution is 2.17. The van der Waals surface area contributed by atoms with Crippen LogP contribution in [0.3, 0.4) is 0 Å². The van der Waals surface area contributed by atoms with Gasteiger partial charge in [-0.15, -0.1) is 11.3 Å². The monoisotopic (exact) mass is 385 g/mol. The summed E-state index contributed by atoms with van der Waals surface area (Å²) < 4.78 is 10.7. The van der Waals surface area contributed by atoms with Crippen LogP contribution in [-0.2, 0) is 4.74 Å². The van der Waals surface area contributed by atoms with E-state index in [-0.39, 0.29) is 11.6 Å². The number of quaternary nitrogens is 1. The van der Waals surface area contributed by atoms with Crippen LogP contribution in [0.25, 0.3) is 11.0 Å². The van der Waals surface area contributed by atoms with Crippen LogP contribution >= 0.6 is 11.3 Å². The van der Waals surface area contributed by atoms with E-state index in [2.05, 4.69) is 11.4 Å². The number of carbonyl (C=O) groups excluding carboxylic acids is 1. The van der Waals surface area contributed by atoms with Gasteiger partial charge in [-0.2, -0.15) is 0 Å². The van der Waals surface area contributed by atoms with Gasteiger partial charge in [0.15, 0.2) is 0 Å². The first-order valence-electron chi connectivity index (χ1n) is 8.99. The smallest absolute Gasteiger partial charge is 0.349 e. The van der Waals surface area contributed by atoms with E-state index in [1.807, 2.05) is 23.6 Å². The topological polar surface area (TPSA) is 73.0 Å². The van der Waals surface area contributed by atoms with Gasteiger partial charge in [0.05, 0.1) is 24.6 Å². The van der Waals surface area contributed by atoms with Crippen molar-refractivity contribution in [3.8, 4) is 0 Å². The van der Waals surface area contributed by atoms with Crippen molar-refractivity contribution >= 4 is 28.2 Å². The summed E-state index contributed by atoms with van der Waals surface area (Å²) in [5, 5.41) is 5.71. The van der Waals surface area contributed by atoms with Gasteiger partial charge in [0.1, 0.15) is 30.3 Å². The van der Waals surface area contributed by atoms with Crippen molar-refractivity contribution in [3.63, 3.8) is 0 Å². The standard InChI is InChI=1S/C20H20N2O4S/c23-19(15-12-14-4-1-2-5-17(14)26-20(15)24)21-13-16(18-6-3-11-27-18)22-7-9-25-10-8-22/h1-6,11-12,16H,7-10,13H2,(H,21,23)/p+1/t16-/m1/s1. The zero-order chi connectivity index (χ0) is 18.6. The van der Waals surface area contributed by atoms with Crippen LogP contribution in [0.1, 0.15) is 21.3 Å². The van der Waals surface area contributed by atoms with E-state index in [9.17, 15) is 9.59 Å². The summed E-state index contributed by atoms with van der Waals surface area (Å²) in [4.78, 5) is 27.5. The molecule has 4 rings (SSSR count). The van der Waals surface area contributed by atoms with E-state index in [0.29, 0.717) is 12.1 Å². The Morgan fingerprint density at radius 1 is 1.19 bits per heavy atom. The van der Waals surface area contributed by atoms with Crippen LogP contribution in [0.5, 0.6) is 0 Å². The fourth-order valence-corrected chi connectivity index (χ4v) is 4.31. The lowest BCUT2D eigenvalue weighted by Gasteiger charge is -2.31. The number of rotatable bonds is 5. The van der Waals surface area contributed by atoms with Gasteiger partial charge in [-0.25, -0.2) is 4.79 Å². The van der Waals surface area contributed by atoms with E-state index >= 15 is 0 Å². The average Bonchev–Trinajstić information content (AvgIpc) is 3.23. The molecule has 0 radical (unpaired) electrons. The van der Waals surface area contributed by atoms with Crippen LogP contribution in [0, 0.1) is 0 Å². The molecular formula is C20H21N2O4S+. The van der Waals surface area contributed by atoms with Crippen LogP contribution in [0.4, 0.5) is 0 Å². The summed E-state index contributed by atoms with van der Waals surface area (Å²) in [5.74, 6) is -0.399. The maximum Gasteiger partial charge on any atom is 0.349 e. The van der Waals surface area contributed by atoms with Crippen molar-refractivity contribution in [2.45, 2.75) is 6.04 Å². The summed E-state index contributed by atoms with van der Waals surface area (Å²) in [6.45, 7) is 3.70. The first-order valence-corrected chi connectivity index (χ1v) is 9.87. The molecule has 6 nitrogen and oxygen atoms in total. The van der Waals surface area contributed by atoms with Crippen LogP contribution in [0.2, 0.25) is 0 Å². The second kappa shape index (κ2) is 8.04. The van der Waals surface area contributed by atoms with Gasteiger partial charge in [0.25, 0.3) is 5.91 Å². The second-order valence-electron chi connectivity index (χ2n) is 6.53. The van der Waals surface area contributed by atoms with Gasteiger partial charge in [-0.05, 0) is 23.6 Å². The van der Waals surface area contributed by atoms with Crippen molar-refractivity contribution in [2.24, 2.45) is 0 Å². The largest absolute Gasteiger partial charge is 0.422 e. The van der Waals surface area contributed by atoms with Crippen molar-refractivity contribution in [1.29, 1.82) is 0 Å². The first-order chi connectivity index (χ1) is 13.2. The second-order valence-corrected chi connectivity index (χ2v) is 7.51. The molecule has 140 valence electrons. The molecule has 0 unspecified atom stereocenters. The average molecular weight is 385 g/mol. The van der Waals surface area contributed by atoms with E-state index < -0.39 is 11.5 Å². The molecule has 2 N–H and O–H groups in total. The lowest BCUT2D eigenvalue weighted by Crippen LogP contribution is -3.15.